The van der Waals surface area contributed by atoms with Crippen molar-refractivity contribution in [1.82, 2.24) is 10.2 Å². The molecule has 2 heteroatoms. The van der Waals surface area contributed by atoms with Crippen LogP contribution in [0.3, 0.4) is 0 Å². The van der Waals surface area contributed by atoms with Gasteiger partial charge in [0.05, 0.1) is 0 Å². The molecule has 1 heterocycles. The molecule has 1 fully saturated rings. The van der Waals surface area contributed by atoms with Crippen LogP contribution in [0.25, 0.3) is 0 Å². The van der Waals surface area contributed by atoms with Gasteiger partial charge >= 0.3 is 0 Å². The van der Waals surface area contributed by atoms with Gasteiger partial charge in [0.1, 0.15) is 0 Å². The molecule has 0 spiro atoms. The van der Waals surface area contributed by atoms with E-state index >= 15 is 0 Å². The molecule has 1 N–H and O–H groups in total. The normalized spacial score (nSPS) is 21.0. The summed E-state index contributed by atoms with van der Waals surface area (Å²) in [6, 6.07) is 7.59. The summed E-state index contributed by atoms with van der Waals surface area (Å²) in [5, 5.41) is 3.72. The molecule has 21 heavy (non-hydrogen) atoms. The standard InChI is InChI=1S/C19H30N2/c1-16(18-10-9-17-7-6-8-19(17)15-18)20-11-14-21-12-4-2-3-5-13-21/h9-10,15-16,20H,2-8,11-14H2,1H3. The summed E-state index contributed by atoms with van der Waals surface area (Å²) in [7, 11) is 0. The Morgan fingerprint density at radius 1 is 1.00 bits per heavy atom. The first kappa shape index (κ1) is 15.1. The van der Waals surface area contributed by atoms with E-state index in [1.165, 1.54) is 70.1 Å². The summed E-state index contributed by atoms with van der Waals surface area (Å²) in [5.74, 6) is 0. The first-order chi connectivity index (χ1) is 10.3. The van der Waals surface area contributed by atoms with Gasteiger partial charge in [0.25, 0.3) is 0 Å². The predicted molar refractivity (Wildman–Crippen MR) is 89.8 cm³/mol. The quantitative estimate of drug-likeness (QED) is 0.888. The Labute approximate surface area is 129 Å². The monoisotopic (exact) mass is 286 g/mol. The van der Waals surface area contributed by atoms with Crippen LogP contribution in [0.1, 0.15) is 61.8 Å². The molecule has 1 aliphatic heterocycles. The fourth-order valence-corrected chi connectivity index (χ4v) is 3.78. The maximum Gasteiger partial charge on any atom is 0.0292 e. The number of hydrogen-bond acceptors (Lipinski definition) is 2. The van der Waals surface area contributed by atoms with Gasteiger partial charge in [-0.1, -0.05) is 31.0 Å². The van der Waals surface area contributed by atoms with E-state index in [0.717, 1.165) is 6.54 Å². The van der Waals surface area contributed by atoms with E-state index in [4.69, 9.17) is 0 Å². The lowest BCUT2D eigenvalue weighted by atomic mass is 10.0. The van der Waals surface area contributed by atoms with Crippen LogP contribution in [-0.2, 0) is 12.8 Å². The molecule has 0 amide bonds. The summed E-state index contributed by atoms with van der Waals surface area (Å²) in [4.78, 5) is 2.63. The van der Waals surface area contributed by atoms with Crippen molar-refractivity contribution < 1.29 is 0 Å². The average molecular weight is 286 g/mol. The molecule has 1 saturated heterocycles. The molecule has 2 aliphatic rings. The van der Waals surface area contributed by atoms with Gasteiger partial charge in [-0.05, 0) is 68.8 Å². The molecule has 1 aromatic carbocycles. The Morgan fingerprint density at radius 2 is 1.76 bits per heavy atom. The maximum absolute atomic E-state index is 3.72. The first-order valence-electron chi connectivity index (χ1n) is 8.90. The van der Waals surface area contributed by atoms with Crippen molar-refractivity contribution in [3.63, 3.8) is 0 Å². The zero-order valence-electron chi connectivity index (χ0n) is 13.5. The summed E-state index contributed by atoms with van der Waals surface area (Å²) >= 11 is 0. The lowest BCUT2D eigenvalue weighted by Gasteiger charge is -2.22. The highest BCUT2D eigenvalue weighted by Crippen LogP contribution is 2.25. The third-order valence-corrected chi connectivity index (χ3v) is 5.20. The third-order valence-electron chi connectivity index (χ3n) is 5.20. The van der Waals surface area contributed by atoms with E-state index in [1.54, 1.807) is 11.1 Å². The van der Waals surface area contributed by atoms with E-state index in [2.05, 4.69) is 35.3 Å². The van der Waals surface area contributed by atoms with Crippen LogP contribution in [0.4, 0.5) is 0 Å². The van der Waals surface area contributed by atoms with Crippen LogP contribution in [0.2, 0.25) is 0 Å². The van der Waals surface area contributed by atoms with Crippen molar-refractivity contribution in [3.05, 3.63) is 34.9 Å². The van der Waals surface area contributed by atoms with Crippen LogP contribution in [0.5, 0.6) is 0 Å². The lowest BCUT2D eigenvalue weighted by Crippen LogP contribution is -2.33. The fraction of sp³-hybridized carbons (Fsp3) is 0.684. The highest BCUT2D eigenvalue weighted by atomic mass is 15.1. The number of nitrogens with one attached hydrogen (secondary N) is 1. The van der Waals surface area contributed by atoms with Crippen molar-refractivity contribution in [2.75, 3.05) is 26.2 Å². The molecule has 0 bridgehead atoms. The molecule has 0 aromatic heterocycles. The minimum absolute atomic E-state index is 0.475. The molecule has 0 radical (unpaired) electrons. The predicted octanol–water partition coefficient (Wildman–Crippen LogP) is 3.70. The molecule has 2 nitrogen and oxygen atoms in total. The lowest BCUT2D eigenvalue weighted by molar-refractivity contribution is 0.280. The number of benzene rings is 1. The zero-order chi connectivity index (χ0) is 14.5. The SMILES string of the molecule is CC(NCCN1CCCCCC1)c1ccc2c(c1)CCC2. The molecular formula is C19H30N2. The van der Waals surface area contributed by atoms with Crippen molar-refractivity contribution in [2.45, 2.75) is 57.9 Å². The van der Waals surface area contributed by atoms with E-state index < -0.39 is 0 Å². The molecule has 1 atom stereocenters. The largest absolute Gasteiger partial charge is 0.309 e. The van der Waals surface area contributed by atoms with Crippen LogP contribution in [-0.4, -0.2) is 31.1 Å². The van der Waals surface area contributed by atoms with Gasteiger partial charge in [0.2, 0.25) is 0 Å². The third kappa shape index (κ3) is 4.08. The Bertz CT molecular complexity index is 447. The van der Waals surface area contributed by atoms with E-state index in [9.17, 15) is 0 Å². The average Bonchev–Trinajstić information content (AvgIpc) is 2.82. The van der Waals surface area contributed by atoms with Gasteiger partial charge in [-0.3, -0.25) is 0 Å². The van der Waals surface area contributed by atoms with Crippen LogP contribution in [0, 0.1) is 0 Å². The topological polar surface area (TPSA) is 15.3 Å². The Balaban J connectivity index is 1.46. The Hall–Kier alpha value is -0.860. The maximum atomic E-state index is 3.72. The first-order valence-corrected chi connectivity index (χ1v) is 8.90. The zero-order valence-corrected chi connectivity index (χ0v) is 13.5. The number of aryl methyl sites for hydroxylation is 2. The highest BCUT2D eigenvalue weighted by Gasteiger charge is 2.14. The van der Waals surface area contributed by atoms with E-state index in [-0.39, 0.29) is 0 Å². The molecule has 0 saturated carbocycles. The van der Waals surface area contributed by atoms with Gasteiger partial charge in [0, 0.05) is 19.1 Å². The molecule has 1 aliphatic carbocycles. The van der Waals surface area contributed by atoms with E-state index in [0.29, 0.717) is 6.04 Å². The fourth-order valence-electron chi connectivity index (χ4n) is 3.78. The summed E-state index contributed by atoms with van der Waals surface area (Å²) in [5.41, 5.74) is 4.63. The minimum Gasteiger partial charge on any atom is -0.309 e. The second-order valence-electron chi connectivity index (χ2n) is 6.81. The van der Waals surface area contributed by atoms with Crippen molar-refractivity contribution in [1.29, 1.82) is 0 Å². The van der Waals surface area contributed by atoms with Crippen LogP contribution >= 0.6 is 0 Å². The minimum atomic E-state index is 0.475. The molecule has 1 aromatic rings. The van der Waals surface area contributed by atoms with Crippen LogP contribution < -0.4 is 5.32 Å². The summed E-state index contributed by atoms with van der Waals surface area (Å²) < 4.78 is 0. The number of nitrogens with zero attached hydrogens (tertiary/aromatic N) is 1. The van der Waals surface area contributed by atoms with Crippen LogP contribution in [0.15, 0.2) is 18.2 Å². The highest BCUT2D eigenvalue weighted by molar-refractivity contribution is 5.36. The van der Waals surface area contributed by atoms with Crippen molar-refractivity contribution in [2.24, 2.45) is 0 Å². The summed E-state index contributed by atoms with van der Waals surface area (Å²) in [6.07, 6.45) is 9.54. The summed E-state index contributed by atoms with van der Waals surface area (Å²) in [6.45, 7) is 7.22. The Morgan fingerprint density at radius 3 is 2.57 bits per heavy atom. The number of hydrogen-bond donors (Lipinski definition) is 1. The molecule has 1 unspecified atom stereocenters. The second kappa shape index (κ2) is 7.42. The van der Waals surface area contributed by atoms with Gasteiger partial charge in [-0.15, -0.1) is 0 Å². The van der Waals surface area contributed by atoms with Gasteiger partial charge < -0.3 is 10.2 Å². The number of fused-ring (bicyclic) bond motifs is 1. The number of rotatable bonds is 5. The Kier molecular flexibility index (Phi) is 5.32. The second-order valence-corrected chi connectivity index (χ2v) is 6.81. The molecular weight excluding hydrogens is 256 g/mol. The molecule has 116 valence electrons. The van der Waals surface area contributed by atoms with Crippen molar-refractivity contribution >= 4 is 0 Å². The molecule has 3 rings (SSSR count). The smallest absolute Gasteiger partial charge is 0.0292 e. The van der Waals surface area contributed by atoms with Gasteiger partial charge in [0.15, 0.2) is 0 Å². The van der Waals surface area contributed by atoms with E-state index in [1.807, 2.05) is 0 Å². The number of likely N-dealkylation sites (tertiary alicyclic amines) is 1. The van der Waals surface area contributed by atoms with Gasteiger partial charge in [-0.2, -0.15) is 0 Å². The van der Waals surface area contributed by atoms with Crippen molar-refractivity contribution in [3.8, 4) is 0 Å². The van der Waals surface area contributed by atoms with Gasteiger partial charge in [-0.25, -0.2) is 0 Å².